The lowest BCUT2D eigenvalue weighted by molar-refractivity contribution is -0.142. The predicted octanol–water partition coefficient (Wildman–Crippen LogP) is 6.68. The van der Waals surface area contributed by atoms with Crippen LogP contribution in [0.1, 0.15) is 35.6 Å². The highest BCUT2D eigenvalue weighted by molar-refractivity contribution is 7.15. The molecule has 0 aliphatic carbocycles. The normalized spacial score (nSPS) is 18.9. The molecule has 0 unspecified atom stereocenters. The number of piperidine rings is 2. The van der Waals surface area contributed by atoms with Crippen molar-refractivity contribution in [2.75, 3.05) is 33.3 Å². The number of methoxy groups -OCH3 is 1. The minimum absolute atomic E-state index is 0.0260. The first-order valence-electron chi connectivity index (χ1n) is 17.9. The van der Waals surface area contributed by atoms with Crippen molar-refractivity contribution in [1.82, 2.24) is 33.9 Å². The van der Waals surface area contributed by atoms with E-state index in [2.05, 4.69) is 32.0 Å². The molecule has 11 nitrogen and oxygen atoms in total. The van der Waals surface area contributed by atoms with Crippen LogP contribution in [0.2, 0.25) is 10.0 Å². The highest BCUT2D eigenvalue weighted by Crippen LogP contribution is 2.37. The van der Waals surface area contributed by atoms with E-state index < -0.39 is 5.60 Å². The monoisotopic (exact) mass is 783 g/mol. The van der Waals surface area contributed by atoms with Crippen LogP contribution in [0.5, 0.6) is 5.88 Å². The fourth-order valence-electron chi connectivity index (χ4n) is 7.77. The molecule has 0 saturated carbocycles. The standard InChI is InChI=1S/C40H39Cl2N7O4S/c1-53-35-8-7-27(20-43-35)37-44-21-31(54-37)22-46-13-9-32(34(23-46)26-5-3-2-4-6-26)38(50)47-15-11-40(52,12-16-47)24-48-25-45-36-33(39(48)51)10-14-49(36)30-18-28(41)17-29(42)19-30/h2-8,10,14,17-21,25,32,34,52H,9,11-13,15-16,22-24H2,1H3/t32-,34+/m1/s1. The molecular formula is C40H39Cl2N7O4S. The molecule has 54 heavy (non-hydrogen) atoms. The second-order valence-electron chi connectivity index (χ2n) is 14.1. The third-order valence-electron chi connectivity index (χ3n) is 10.6. The molecule has 2 aliphatic rings. The number of carbonyl (C=O) groups excluding carboxylic acids is 1. The molecule has 0 bridgehead atoms. The van der Waals surface area contributed by atoms with Gasteiger partial charge in [-0.25, -0.2) is 15.0 Å². The predicted molar refractivity (Wildman–Crippen MR) is 211 cm³/mol. The third-order valence-corrected chi connectivity index (χ3v) is 12.1. The van der Waals surface area contributed by atoms with Gasteiger partial charge in [0.15, 0.2) is 5.65 Å². The van der Waals surface area contributed by atoms with Crippen molar-refractivity contribution in [1.29, 1.82) is 0 Å². The van der Waals surface area contributed by atoms with Crippen LogP contribution in [-0.2, 0) is 17.9 Å². The molecule has 6 heterocycles. The number of carbonyl (C=O) groups is 1. The van der Waals surface area contributed by atoms with Crippen LogP contribution in [0.3, 0.4) is 0 Å². The number of amides is 1. The SMILES string of the molecule is COc1ccc(-c2ncc(CN3CC[C@@H](C(=O)N4CCC(O)(Cn5cnc6c(ccn6-c6cc(Cl)cc(Cl)c6)c5=O)CC4)[C@H](c4ccccc4)C3)s2)cn1. The molecule has 2 atom stereocenters. The summed E-state index contributed by atoms with van der Waals surface area (Å²) in [6, 6.07) is 21.0. The Balaban J connectivity index is 0.926. The van der Waals surface area contributed by atoms with Gasteiger partial charge in [-0.3, -0.25) is 19.1 Å². The van der Waals surface area contributed by atoms with E-state index in [4.69, 9.17) is 27.9 Å². The Bertz CT molecular complexity index is 2320. The Hall–Kier alpha value is -4.59. The molecule has 278 valence electrons. The van der Waals surface area contributed by atoms with Crippen LogP contribution < -0.4 is 10.3 Å². The second-order valence-corrected chi connectivity index (χ2v) is 16.1. The van der Waals surface area contributed by atoms with Gasteiger partial charge in [0.05, 0.1) is 24.6 Å². The van der Waals surface area contributed by atoms with Gasteiger partial charge in [-0.05, 0) is 61.7 Å². The van der Waals surface area contributed by atoms with Crippen molar-refractivity contribution in [3.8, 4) is 22.1 Å². The van der Waals surface area contributed by atoms with E-state index in [9.17, 15) is 14.7 Å². The Kier molecular flexibility index (Phi) is 10.3. The summed E-state index contributed by atoms with van der Waals surface area (Å²) < 4.78 is 8.43. The van der Waals surface area contributed by atoms with Crippen LogP contribution in [0.4, 0.5) is 0 Å². The van der Waals surface area contributed by atoms with Crippen LogP contribution in [0.25, 0.3) is 27.3 Å². The minimum Gasteiger partial charge on any atom is -0.481 e. The van der Waals surface area contributed by atoms with Crippen LogP contribution in [0.15, 0.2) is 96.4 Å². The zero-order valence-electron chi connectivity index (χ0n) is 29.6. The fraction of sp³-hybridized carbons (Fsp3) is 0.325. The van der Waals surface area contributed by atoms with Gasteiger partial charge in [-0.1, -0.05) is 53.5 Å². The lowest BCUT2D eigenvalue weighted by Gasteiger charge is -2.43. The van der Waals surface area contributed by atoms with E-state index in [1.807, 2.05) is 41.4 Å². The summed E-state index contributed by atoms with van der Waals surface area (Å²) in [7, 11) is 1.60. The summed E-state index contributed by atoms with van der Waals surface area (Å²) >= 11 is 14.1. The number of ether oxygens (including phenoxy) is 1. The van der Waals surface area contributed by atoms with Gasteiger partial charge in [-0.15, -0.1) is 11.3 Å². The zero-order chi connectivity index (χ0) is 37.4. The summed E-state index contributed by atoms with van der Waals surface area (Å²) in [5.41, 5.74) is 1.87. The number of likely N-dealkylation sites (tertiary alicyclic amines) is 2. The molecule has 2 aromatic carbocycles. The average Bonchev–Trinajstić information content (AvgIpc) is 3.84. The molecule has 1 N–H and O–H groups in total. The Labute approximate surface area is 326 Å². The summed E-state index contributed by atoms with van der Waals surface area (Å²) in [6.45, 7) is 3.21. The van der Waals surface area contributed by atoms with E-state index in [-0.39, 0.29) is 29.8 Å². The Morgan fingerprint density at radius 1 is 0.981 bits per heavy atom. The van der Waals surface area contributed by atoms with Crippen molar-refractivity contribution < 1.29 is 14.6 Å². The highest BCUT2D eigenvalue weighted by Gasteiger charge is 2.41. The molecule has 2 saturated heterocycles. The highest BCUT2D eigenvalue weighted by atomic mass is 35.5. The molecule has 8 rings (SSSR count). The van der Waals surface area contributed by atoms with Crippen molar-refractivity contribution in [2.45, 2.75) is 43.9 Å². The van der Waals surface area contributed by atoms with E-state index >= 15 is 0 Å². The number of hydrogen-bond acceptors (Lipinski definition) is 9. The molecule has 14 heteroatoms. The minimum atomic E-state index is -1.16. The number of pyridine rings is 1. The maximum absolute atomic E-state index is 14.3. The largest absolute Gasteiger partial charge is 0.481 e. The number of rotatable bonds is 9. The maximum atomic E-state index is 14.3. The van der Waals surface area contributed by atoms with Crippen molar-refractivity contribution in [3.63, 3.8) is 0 Å². The zero-order valence-corrected chi connectivity index (χ0v) is 32.0. The molecule has 4 aromatic heterocycles. The molecule has 2 fully saturated rings. The van der Waals surface area contributed by atoms with Gasteiger partial charge in [0.25, 0.3) is 5.56 Å². The third kappa shape index (κ3) is 7.54. The van der Waals surface area contributed by atoms with Gasteiger partial charge in [0, 0.05) is 88.8 Å². The van der Waals surface area contributed by atoms with E-state index in [0.717, 1.165) is 47.1 Å². The molecule has 1 amide bonds. The molecule has 2 aliphatic heterocycles. The lowest BCUT2D eigenvalue weighted by atomic mass is 9.79. The molecule has 0 radical (unpaired) electrons. The van der Waals surface area contributed by atoms with Gasteiger partial charge in [-0.2, -0.15) is 0 Å². The lowest BCUT2D eigenvalue weighted by Crippen LogP contribution is -2.53. The summed E-state index contributed by atoms with van der Waals surface area (Å²) in [5.74, 6) is 0.542. The van der Waals surface area contributed by atoms with Gasteiger partial charge >= 0.3 is 0 Å². The van der Waals surface area contributed by atoms with E-state index in [1.165, 1.54) is 10.9 Å². The fourth-order valence-corrected chi connectivity index (χ4v) is 9.22. The van der Waals surface area contributed by atoms with Crippen molar-refractivity contribution in [2.24, 2.45) is 5.92 Å². The molecule has 6 aromatic rings. The Morgan fingerprint density at radius 2 is 1.76 bits per heavy atom. The summed E-state index contributed by atoms with van der Waals surface area (Å²) in [5, 5.41) is 14.0. The van der Waals surface area contributed by atoms with E-state index in [1.54, 1.807) is 59.7 Å². The van der Waals surface area contributed by atoms with Gasteiger partial charge in [0.1, 0.15) is 11.3 Å². The summed E-state index contributed by atoms with van der Waals surface area (Å²) in [6.07, 6.45) is 8.40. The molecule has 0 spiro atoms. The number of benzene rings is 2. The van der Waals surface area contributed by atoms with Crippen molar-refractivity contribution in [3.05, 3.63) is 122 Å². The Morgan fingerprint density at radius 3 is 2.48 bits per heavy atom. The first-order chi connectivity index (χ1) is 26.2. The van der Waals surface area contributed by atoms with Crippen LogP contribution in [0, 0.1) is 5.92 Å². The van der Waals surface area contributed by atoms with Gasteiger partial charge in [0.2, 0.25) is 11.8 Å². The van der Waals surface area contributed by atoms with Gasteiger partial charge < -0.3 is 19.3 Å². The quantitative estimate of drug-likeness (QED) is 0.173. The maximum Gasteiger partial charge on any atom is 0.262 e. The number of hydrogen-bond donors (Lipinski definition) is 1. The first-order valence-corrected chi connectivity index (χ1v) is 19.5. The number of halogens is 2. The number of aromatic nitrogens is 5. The number of fused-ring (bicyclic) bond motifs is 1. The average molecular weight is 785 g/mol. The number of thiazole rings is 1. The van der Waals surface area contributed by atoms with Crippen LogP contribution >= 0.6 is 34.5 Å². The smallest absolute Gasteiger partial charge is 0.262 e. The number of nitrogens with zero attached hydrogens (tertiary/aromatic N) is 7. The summed E-state index contributed by atoms with van der Waals surface area (Å²) in [4.78, 5) is 46.9. The first kappa shape index (κ1) is 36.4. The topological polar surface area (TPSA) is 119 Å². The number of aliphatic hydroxyl groups is 1. The van der Waals surface area contributed by atoms with Crippen molar-refractivity contribution >= 4 is 51.5 Å². The second kappa shape index (κ2) is 15.3. The molecular weight excluding hydrogens is 745 g/mol. The van der Waals surface area contributed by atoms with E-state index in [0.29, 0.717) is 58.6 Å². The van der Waals surface area contributed by atoms with Crippen LogP contribution in [-0.4, -0.2) is 83.8 Å².